The van der Waals surface area contributed by atoms with Crippen LogP contribution >= 0.6 is 0 Å². The Morgan fingerprint density at radius 2 is 0.900 bits per heavy atom. The van der Waals surface area contributed by atoms with Gasteiger partial charge in [-0.15, -0.1) is 0 Å². The predicted octanol–water partition coefficient (Wildman–Crippen LogP) is 18.5. The topological polar surface area (TPSA) is 48.9 Å². The molecule has 6 nitrogen and oxygen atoms in total. The summed E-state index contributed by atoms with van der Waals surface area (Å²) in [5.41, 5.74) is 23.5. The van der Waals surface area contributed by atoms with Crippen LogP contribution in [0.3, 0.4) is 0 Å². The van der Waals surface area contributed by atoms with Gasteiger partial charge in [0.15, 0.2) is 5.58 Å². The molecule has 0 radical (unpaired) electrons. The molecular weight excluding hydrogens is 976 g/mol. The number of hydrogen-bond donors (Lipinski definition) is 0. The molecule has 10 aromatic carbocycles. The van der Waals surface area contributed by atoms with Gasteiger partial charge in [-0.05, 0) is 170 Å². The maximum Gasteiger partial charge on any atom is 0.252 e. The van der Waals surface area contributed by atoms with Crippen LogP contribution < -0.4 is 31.1 Å². The van der Waals surface area contributed by atoms with Gasteiger partial charge >= 0.3 is 0 Å². The highest BCUT2D eigenvalue weighted by molar-refractivity contribution is 7.00. The second kappa shape index (κ2) is 18.3. The quantitative estimate of drug-likeness (QED) is 0.148. The van der Waals surface area contributed by atoms with Gasteiger partial charge in [0, 0.05) is 73.6 Å². The minimum Gasteiger partial charge on any atom is -0.456 e. The van der Waals surface area contributed by atoms with Crippen molar-refractivity contribution >= 4 is 107 Å². The fourth-order valence-corrected chi connectivity index (χ4v) is 12.2. The van der Waals surface area contributed by atoms with Crippen LogP contribution in [0, 0.1) is 0 Å². The van der Waals surface area contributed by atoms with Gasteiger partial charge in [0.25, 0.3) is 6.71 Å². The number of benzene rings is 10. The molecule has 0 aliphatic carbocycles. The first-order valence-electron chi connectivity index (χ1n) is 28.0. The third-order valence-corrected chi connectivity index (χ3v) is 16.5. The van der Waals surface area contributed by atoms with Gasteiger partial charge in [0.1, 0.15) is 16.7 Å². The van der Waals surface area contributed by atoms with E-state index in [1.165, 1.54) is 33.2 Å². The van der Waals surface area contributed by atoms with E-state index in [9.17, 15) is 0 Å². The van der Waals surface area contributed by atoms with Crippen LogP contribution in [-0.4, -0.2) is 11.7 Å². The zero-order valence-corrected chi connectivity index (χ0v) is 47.0. The third-order valence-electron chi connectivity index (χ3n) is 16.5. The first-order valence-corrected chi connectivity index (χ1v) is 28.0. The van der Waals surface area contributed by atoms with Crippen molar-refractivity contribution in [3.63, 3.8) is 0 Å². The largest absolute Gasteiger partial charge is 0.456 e. The molecule has 4 heterocycles. The lowest BCUT2D eigenvalue weighted by Gasteiger charge is -2.45. The highest BCUT2D eigenvalue weighted by Gasteiger charge is 2.45. The van der Waals surface area contributed by atoms with Crippen LogP contribution in [0.15, 0.2) is 227 Å². The maximum absolute atomic E-state index is 6.91. The molecular formula is C73H63BN4O2. The molecule has 0 amide bonds. The molecule has 2 aliphatic rings. The summed E-state index contributed by atoms with van der Waals surface area (Å²) in [6, 6.07) is 79.9. The molecule has 14 rings (SSSR count). The van der Waals surface area contributed by atoms with Crippen LogP contribution in [-0.2, 0) is 16.2 Å². The first-order chi connectivity index (χ1) is 38.5. The lowest BCUT2D eigenvalue weighted by atomic mass is 9.33. The van der Waals surface area contributed by atoms with Crippen LogP contribution in [0.2, 0.25) is 0 Å². The normalized spacial score (nSPS) is 13.2. The van der Waals surface area contributed by atoms with E-state index in [4.69, 9.17) is 13.8 Å². The number of nitrogens with zero attached hydrogens (tertiary/aromatic N) is 4. The zero-order chi connectivity index (χ0) is 54.8. The number of para-hydroxylation sites is 2. The average molecular weight is 1040 g/mol. The lowest BCUT2D eigenvalue weighted by Crippen LogP contribution is -2.61. The summed E-state index contributed by atoms with van der Waals surface area (Å²) in [5, 5.41) is 2.13. The van der Waals surface area contributed by atoms with Gasteiger partial charge in [0.2, 0.25) is 5.89 Å². The van der Waals surface area contributed by atoms with Gasteiger partial charge in [-0.1, -0.05) is 165 Å². The van der Waals surface area contributed by atoms with E-state index in [-0.39, 0.29) is 23.0 Å². The molecule has 80 heavy (non-hydrogen) atoms. The van der Waals surface area contributed by atoms with E-state index in [1.807, 2.05) is 0 Å². The summed E-state index contributed by atoms with van der Waals surface area (Å²) in [5.74, 6) is 0.601. The molecule has 390 valence electrons. The van der Waals surface area contributed by atoms with Crippen molar-refractivity contribution in [3.05, 3.63) is 235 Å². The Balaban J connectivity index is 1.05. The van der Waals surface area contributed by atoms with E-state index in [2.05, 4.69) is 295 Å². The summed E-state index contributed by atoms with van der Waals surface area (Å²) in [7, 11) is 0. The number of oxazole rings is 1. The Morgan fingerprint density at radius 3 is 1.51 bits per heavy atom. The molecule has 0 saturated heterocycles. The number of hydrogen-bond acceptors (Lipinski definition) is 6. The lowest BCUT2D eigenvalue weighted by molar-refractivity contribution is 0.589. The van der Waals surface area contributed by atoms with Crippen molar-refractivity contribution in [1.82, 2.24) is 4.98 Å². The van der Waals surface area contributed by atoms with Gasteiger partial charge in [0.05, 0.1) is 0 Å². The first kappa shape index (κ1) is 49.2. The van der Waals surface area contributed by atoms with Crippen molar-refractivity contribution in [2.24, 2.45) is 0 Å². The zero-order valence-electron chi connectivity index (χ0n) is 47.0. The van der Waals surface area contributed by atoms with E-state index < -0.39 is 0 Å². The van der Waals surface area contributed by atoms with Gasteiger partial charge in [-0.2, -0.15) is 0 Å². The molecule has 0 atom stereocenters. The van der Waals surface area contributed by atoms with Crippen molar-refractivity contribution < 1.29 is 8.83 Å². The monoisotopic (exact) mass is 1040 g/mol. The Kier molecular flexibility index (Phi) is 11.2. The van der Waals surface area contributed by atoms with Crippen LogP contribution in [0.25, 0.3) is 55.6 Å². The van der Waals surface area contributed by atoms with Gasteiger partial charge in [-0.3, -0.25) is 0 Å². The van der Waals surface area contributed by atoms with Crippen molar-refractivity contribution in [1.29, 1.82) is 0 Å². The van der Waals surface area contributed by atoms with Crippen LogP contribution in [0.1, 0.15) is 79.0 Å². The molecule has 12 aromatic rings. The van der Waals surface area contributed by atoms with E-state index >= 15 is 0 Å². The molecule has 0 unspecified atom stereocenters. The fraction of sp³-hybridized carbons (Fsp3) is 0.164. The molecule has 2 aliphatic heterocycles. The maximum atomic E-state index is 6.91. The van der Waals surface area contributed by atoms with Crippen molar-refractivity contribution in [3.8, 4) is 22.6 Å². The number of furan rings is 1. The highest BCUT2D eigenvalue weighted by atomic mass is 16.3. The molecule has 7 heteroatoms. The van der Waals surface area contributed by atoms with Crippen molar-refractivity contribution in [2.45, 2.75) is 78.6 Å². The Labute approximate surface area is 469 Å². The smallest absolute Gasteiger partial charge is 0.252 e. The number of rotatable bonds is 7. The van der Waals surface area contributed by atoms with Gasteiger partial charge < -0.3 is 23.5 Å². The number of fused-ring (bicyclic) bond motifs is 8. The SMILES string of the molecule is CC(C)(C)c1ccc(-c2nc3cc4c(cc3o2)N(c2ccc3oc5ccc(-c6ccccc6)cc5c3c2)c2cc(C(C)(C)C)cc3c2B4c2ccc(N(c4ccccc4)c4ccccc4)cc2N3c2ccc(C(C)(C)C)cc2)cc1. The highest BCUT2D eigenvalue weighted by Crippen LogP contribution is 2.49. The van der Waals surface area contributed by atoms with E-state index in [0.717, 1.165) is 101 Å². The minimum absolute atomic E-state index is 0.0168. The van der Waals surface area contributed by atoms with Crippen LogP contribution in [0.5, 0.6) is 0 Å². The standard InChI is InChI=1S/C73H63BN4O2/c1-71(2,3)49-28-25-47(26-29-49)70-75-61-44-60-63(45-68(61)80-70)78(55-35-38-67-58(42-55)57-39-48(27-37-66(57)79-67)46-19-13-10-14-20-46)65-41-51(73(7,8)9)40-64-69(65)74(60)59-36-34-56(76(52-21-15-11-16-22-52)53-23-17-12-18-24-53)43-62(59)77(64)54-32-30-50(31-33-54)72(4,5)6/h10-45H,1-9H3. The Bertz CT molecular complexity index is 4310. The molecule has 0 N–H and O–H groups in total. The van der Waals surface area contributed by atoms with E-state index in [0.29, 0.717) is 5.89 Å². The predicted molar refractivity (Wildman–Crippen MR) is 337 cm³/mol. The summed E-state index contributed by atoms with van der Waals surface area (Å²) in [4.78, 5) is 12.7. The third kappa shape index (κ3) is 8.29. The summed E-state index contributed by atoms with van der Waals surface area (Å²) in [6.45, 7) is 20.4. The van der Waals surface area contributed by atoms with Crippen LogP contribution in [0.4, 0.5) is 51.2 Å². The molecule has 0 bridgehead atoms. The number of anilines is 9. The second-order valence-corrected chi connectivity index (χ2v) is 24.9. The Hall–Kier alpha value is -9.07. The minimum atomic E-state index is -0.223. The molecule has 0 spiro atoms. The summed E-state index contributed by atoms with van der Waals surface area (Å²) < 4.78 is 13.6. The van der Waals surface area contributed by atoms with E-state index in [1.54, 1.807) is 0 Å². The Morgan fingerprint density at radius 1 is 0.375 bits per heavy atom. The molecule has 0 fully saturated rings. The second-order valence-electron chi connectivity index (χ2n) is 24.9. The summed E-state index contributed by atoms with van der Waals surface area (Å²) >= 11 is 0. The van der Waals surface area contributed by atoms with Crippen molar-refractivity contribution in [2.75, 3.05) is 14.7 Å². The molecule has 0 saturated carbocycles. The fourth-order valence-electron chi connectivity index (χ4n) is 12.2. The number of aromatic nitrogens is 1. The average Bonchev–Trinajstić information content (AvgIpc) is 4.14. The molecule has 2 aromatic heterocycles. The summed E-state index contributed by atoms with van der Waals surface area (Å²) in [6.07, 6.45) is 0. The van der Waals surface area contributed by atoms with Gasteiger partial charge in [-0.25, -0.2) is 4.98 Å².